The van der Waals surface area contributed by atoms with Gasteiger partial charge in [0, 0.05) is 36.3 Å². The van der Waals surface area contributed by atoms with Crippen LogP contribution in [-0.4, -0.2) is 86.8 Å². The number of anilines is 1. The fourth-order valence-electron chi connectivity index (χ4n) is 8.05. The molecule has 0 bridgehead atoms. The molecule has 6 aromatic rings. The number of hydrogen-bond acceptors (Lipinski definition) is 12. The van der Waals surface area contributed by atoms with Crippen molar-refractivity contribution in [3.05, 3.63) is 142 Å². The third kappa shape index (κ3) is 10.9. The molecule has 1 aliphatic heterocycles. The first-order chi connectivity index (χ1) is 31.4. The number of carbonyl (C=O) groups excluding carboxylic acids is 1. The van der Waals surface area contributed by atoms with E-state index in [1.807, 2.05) is 84.9 Å². The normalized spacial score (nSPS) is 17.1. The number of imidazole rings is 1. The molecule has 65 heavy (non-hydrogen) atoms. The fraction of sp³-hybridized carbons (Fsp3) is 0.408. The largest absolute Gasteiger partial charge is 0.497 e. The molecular weight excluding hydrogens is 846 g/mol. The molecule has 16 heteroatoms. The molecule has 3 aromatic heterocycles. The van der Waals surface area contributed by atoms with Crippen molar-refractivity contribution in [1.82, 2.24) is 29.2 Å². The predicted molar refractivity (Wildman–Crippen MR) is 251 cm³/mol. The highest BCUT2D eigenvalue weighted by Gasteiger charge is 2.45. The van der Waals surface area contributed by atoms with E-state index in [1.54, 1.807) is 45.2 Å². The Balaban J connectivity index is 1.28. The number of rotatable bonds is 21. The van der Waals surface area contributed by atoms with Gasteiger partial charge in [-0.15, -0.1) is 0 Å². The van der Waals surface area contributed by atoms with E-state index in [2.05, 4.69) is 69.8 Å². The monoisotopic (exact) mass is 905 g/mol. The summed E-state index contributed by atoms with van der Waals surface area (Å²) in [6, 6.07) is 31.9. The Bertz CT molecular complexity index is 2450. The van der Waals surface area contributed by atoms with Crippen LogP contribution in [0.3, 0.4) is 0 Å². The molecule has 344 valence electrons. The van der Waals surface area contributed by atoms with Crippen LogP contribution in [-0.2, 0) is 35.3 Å². The van der Waals surface area contributed by atoms with E-state index in [1.165, 1.54) is 0 Å². The number of fused-ring (bicyclic) bond motifs is 1. The molecular formula is C49H60N7O8P. The molecule has 2 N–H and O–H groups in total. The van der Waals surface area contributed by atoms with Gasteiger partial charge in [-0.3, -0.25) is 29.4 Å². The summed E-state index contributed by atoms with van der Waals surface area (Å²) in [6.45, 7) is 12.6. The Morgan fingerprint density at radius 1 is 0.877 bits per heavy atom. The summed E-state index contributed by atoms with van der Waals surface area (Å²) in [7, 11) is 1.65. The number of ether oxygens (including phenoxy) is 4. The number of aryl methyl sites for hydroxylation is 1. The van der Waals surface area contributed by atoms with Gasteiger partial charge in [-0.05, 0) is 93.6 Å². The smallest absolute Gasteiger partial charge is 0.280 e. The number of methoxy groups -OCH3 is 2. The van der Waals surface area contributed by atoms with Crippen molar-refractivity contribution < 1.29 is 32.8 Å². The summed E-state index contributed by atoms with van der Waals surface area (Å²) in [5, 5.41) is 2.72. The maximum atomic E-state index is 13.3. The number of aromatic amines is 1. The zero-order valence-corrected chi connectivity index (χ0v) is 39.2. The van der Waals surface area contributed by atoms with Crippen molar-refractivity contribution in [2.75, 3.05) is 32.8 Å². The highest BCUT2D eigenvalue weighted by Crippen LogP contribution is 2.51. The minimum Gasteiger partial charge on any atom is -0.497 e. The van der Waals surface area contributed by atoms with E-state index in [0.29, 0.717) is 24.5 Å². The topological polar surface area (TPSA) is 164 Å². The van der Waals surface area contributed by atoms with Gasteiger partial charge in [-0.2, -0.15) is 4.98 Å². The van der Waals surface area contributed by atoms with Crippen LogP contribution in [0.25, 0.3) is 11.2 Å². The Hall–Kier alpha value is -5.54. The Morgan fingerprint density at radius 2 is 1.51 bits per heavy atom. The molecule has 7 rings (SSSR count). The van der Waals surface area contributed by atoms with Crippen molar-refractivity contribution in [2.45, 2.75) is 96.9 Å². The van der Waals surface area contributed by atoms with E-state index in [0.717, 1.165) is 35.2 Å². The van der Waals surface area contributed by atoms with Crippen molar-refractivity contribution in [2.24, 2.45) is 5.92 Å². The predicted octanol–water partition coefficient (Wildman–Crippen LogP) is 8.80. The zero-order chi connectivity index (χ0) is 46.1. The van der Waals surface area contributed by atoms with E-state index >= 15 is 0 Å². The van der Waals surface area contributed by atoms with Gasteiger partial charge in [0.2, 0.25) is 11.9 Å². The highest BCUT2D eigenvalue weighted by atomic mass is 31.2. The minimum absolute atomic E-state index is 0.0207. The van der Waals surface area contributed by atoms with E-state index in [-0.39, 0.29) is 47.6 Å². The molecule has 0 aliphatic carbocycles. The Morgan fingerprint density at radius 3 is 2.09 bits per heavy atom. The van der Waals surface area contributed by atoms with Gasteiger partial charge in [0.1, 0.15) is 29.4 Å². The SMILES string of the molecule is COc1ccc(C(OC[C@H]2O[C@@H](n3cnc4c(=O)[nH]c(NC(=O)C(C)C)nc43)C[C@@H]2OP(OCCCc2ccccn2)N(C(C)C)C(C)C)(c2ccccc2)c2ccc(OC)cc2)cc1. The number of benzene rings is 3. The quantitative estimate of drug-likeness (QED) is 0.0402. The lowest BCUT2D eigenvalue weighted by Gasteiger charge is -2.39. The van der Waals surface area contributed by atoms with Crippen LogP contribution in [0.1, 0.15) is 83.0 Å². The molecule has 15 nitrogen and oxygen atoms in total. The fourth-order valence-corrected chi connectivity index (χ4v) is 9.85. The van der Waals surface area contributed by atoms with E-state index < -0.39 is 38.1 Å². The highest BCUT2D eigenvalue weighted by molar-refractivity contribution is 7.44. The average Bonchev–Trinajstić information content (AvgIpc) is 3.93. The van der Waals surface area contributed by atoms with Crippen molar-refractivity contribution in [1.29, 1.82) is 0 Å². The van der Waals surface area contributed by atoms with Crippen LogP contribution >= 0.6 is 8.53 Å². The third-order valence-electron chi connectivity index (χ3n) is 11.3. The average molecular weight is 906 g/mol. The lowest BCUT2D eigenvalue weighted by Crippen LogP contribution is -2.39. The number of aromatic nitrogens is 5. The van der Waals surface area contributed by atoms with Gasteiger partial charge < -0.3 is 28.0 Å². The van der Waals surface area contributed by atoms with E-state index in [9.17, 15) is 9.59 Å². The number of carbonyl (C=O) groups is 1. The first-order valence-electron chi connectivity index (χ1n) is 22.1. The number of hydrogen-bond donors (Lipinski definition) is 2. The molecule has 1 unspecified atom stereocenters. The van der Waals surface area contributed by atoms with Gasteiger partial charge in [0.05, 0.1) is 39.9 Å². The van der Waals surface area contributed by atoms with Crippen LogP contribution in [0.5, 0.6) is 11.5 Å². The van der Waals surface area contributed by atoms with Gasteiger partial charge in [-0.1, -0.05) is 74.5 Å². The first-order valence-corrected chi connectivity index (χ1v) is 23.2. The summed E-state index contributed by atoms with van der Waals surface area (Å²) >= 11 is 0. The van der Waals surface area contributed by atoms with Gasteiger partial charge in [-0.25, -0.2) is 9.65 Å². The van der Waals surface area contributed by atoms with Crippen LogP contribution in [0, 0.1) is 5.92 Å². The van der Waals surface area contributed by atoms with E-state index in [4.69, 9.17) is 28.0 Å². The Kier molecular flexibility index (Phi) is 15.8. The number of nitrogens with one attached hydrogen (secondary N) is 2. The molecule has 0 radical (unpaired) electrons. The summed E-state index contributed by atoms with van der Waals surface area (Å²) in [5.74, 6) is 0.819. The van der Waals surface area contributed by atoms with Crippen LogP contribution in [0.4, 0.5) is 5.95 Å². The molecule has 1 amide bonds. The number of pyridine rings is 1. The maximum Gasteiger partial charge on any atom is 0.280 e. The number of H-pyrrole nitrogens is 1. The summed E-state index contributed by atoms with van der Waals surface area (Å²) in [5.41, 5.74) is 2.37. The lowest BCUT2D eigenvalue weighted by atomic mass is 9.80. The molecule has 4 heterocycles. The summed E-state index contributed by atoms with van der Waals surface area (Å²) < 4.78 is 43.5. The van der Waals surface area contributed by atoms with Crippen molar-refractivity contribution in [3.63, 3.8) is 0 Å². The molecule has 4 atom stereocenters. The second-order valence-electron chi connectivity index (χ2n) is 16.8. The Labute approximate surface area is 381 Å². The second kappa shape index (κ2) is 21.6. The third-order valence-corrected chi connectivity index (χ3v) is 13.5. The molecule has 1 aliphatic rings. The van der Waals surface area contributed by atoms with Crippen molar-refractivity contribution in [3.8, 4) is 11.5 Å². The lowest BCUT2D eigenvalue weighted by molar-refractivity contribution is -0.118. The molecule has 0 saturated carbocycles. The van der Waals surface area contributed by atoms with Crippen LogP contribution in [0.2, 0.25) is 0 Å². The first kappa shape index (κ1) is 47.4. The van der Waals surface area contributed by atoms with Crippen LogP contribution in [0.15, 0.2) is 114 Å². The standard InChI is InChI=1S/C49H60N7O8P/c1-32(2)46(57)53-48-52-45-44(47(58)54-48)51-31-55(45)43-29-41(64-65(56(33(3)4)34(5)6)62-28-14-18-38-17-12-13-27-50-38)42(63-43)30-61-49(35-15-10-9-11-16-35,36-19-23-39(59-7)24-20-36)37-21-25-40(60-8)26-22-37/h9-13,15-17,19-27,31-34,41-43H,14,18,28-30H2,1-8H3,(H2,52,53,54,57,58)/t41-,42+,43+,65?/m0/s1. The van der Waals surface area contributed by atoms with Crippen molar-refractivity contribution >= 4 is 31.5 Å². The molecule has 1 fully saturated rings. The van der Waals surface area contributed by atoms with Crippen LogP contribution < -0.4 is 20.3 Å². The number of nitrogens with zero attached hydrogens (tertiary/aromatic N) is 5. The summed E-state index contributed by atoms with van der Waals surface area (Å²) in [6.07, 6.45) is 3.27. The zero-order valence-electron chi connectivity index (χ0n) is 38.3. The van der Waals surface area contributed by atoms with Gasteiger partial charge >= 0.3 is 0 Å². The summed E-state index contributed by atoms with van der Waals surface area (Å²) in [4.78, 5) is 42.3. The molecule has 1 saturated heterocycles. The van der Waals surface area contributed by atoms with Gasteiger partial charge in [0.25, 0.3) is 14.1 Å². The maximum absolute atomic E-state index is 13.3. The second-order valence-corrected chi connectivity index (χ2v) is 18.2. The van der Waals surface area contributed by atoms with Gasteiger partial charge in [0.15, 0.2) is 11.2 Å². The minimum atomic E-state index is -1.63. The molecule has 3 aromatic carbocycles. The number of amides is 1. The molecule has 0 spiro atoms.